The summed E-state index contributed by atoms with van der Waals surface area (Å²) in [5.74, 6) is 0. The molecule has 4 heterocycles. The second-order valence-corrected chi connectivity index (χ2v) is 18.5. The topological polar surface area (TPSA) is 59.0 Å². The van der Waals surface area contributed by atoms with Gasteiger partial charge in [-0.05, 0) is 156 Å². The van der Waals surface area contributed by atoms with Crippen molar-refractivity contribution >= 4 is 143 Å². The second-order valence-electron chi connectivity index (χ2n) is 18.5. The standard InChI is InChI=1S/C64H40N2O4/c1-37-13-3-7-17-51(37)65(53-19-11-23-57-61(53)47-15-5-9-21-55(47)67-57)43-27-25-39-33-49-45-29-30-46-50-34-40-26-28-44(32-42(40)36-60(50)70-64(46)63(45)69-59(49)35-41(39)31-43)66(52-18-8-4-14-38(52)2)54-20-12-24-58-62(54)48-16-6-10-22-56(48)68-58/h3-36H,1-2H3. The molecule has 0 aliphatic heterocycles. The Kier molecular flexibility index (Phi) is 8.10. The molecular formula is C64H40N2O4. The zero-order valence-electron chi connectivity index (χ0n) is 38.2. The highest BCUT2D eigenvalue weighted by atomic mass is 16.4. The van der Waals surface area contributed by atoms with Gasteiger partial charge in [0.1, 0.15) is 33.5 Å². The molecule has 0 fully saturated rings. The molecule has 0 unspecified atom stereocenters. The maximum absolute atomic E-state index is 6.87. The zero-order valence-corrected chi connectivity index (χ0v) is 38.2. The number of hydrogen-bond donors (Lipinski definition) is 0. The second kappa shape index (κ2) is 14.6. The number of hydrogen-bond acceptors (Lipinski definition) is 6. The molecule has 0 aliphatic rings. The van der Waals surface area contributed by atoms with Crippen molar-refractivity contribution in [3.05, 3.63) is 217 Å². The summed E-state index contributed by atoms with van der Waals surface area (Å²) < 4.78 is 26.5. The minimum absolute atomic E-state index is 0.746. The predicted molar refractivity (Wildman–Crippen MR) is 289 cm³/mol. The van der Waals surface area contributed by atoms with Gasteiger partial charge in [0.05, 0.1) is 22.1 Å². The minimum Gasteiger partial charge on any atom is -0.456 e. The highest BCUT2D eigenvalue weighted by Crippen LogP contribution is 2.48. The van der Waals surface area contributed by atoms with E-state index in [9.17, 15) is 0 Å². The summed E-state index contributed by atoms with van der Waals surface area (Å²) in [7, 11) is 0. The molecular weight excluding hydrogens is 861 g/mol. The average molecular weight is 901 g/mol. The molecule has 11 aromatic carbocycles. The third-order valence-corrected chi connectivity index (χ3v) is 14.4. The molecule has 6 nitrogen and oxygen atoms in total. The van der Waals surface area contributed by atoms with E-state index in [0.29, 0.717) is 0 Å². The van der Waals surface area contributed by atoms with Crippen LogP contribution >= 0.6 is 0 Å². The summed E-state index contributed by atoms with van der Waals surface area (Å²) in [6, 6.07) is 72.9. The van der Waals surface area contributed by atoms with Gasteiger partial charge < -0.3 is 27.5 Å². The molecule has 0 spiro atoms. The number of anilines is 6. The smallest absolute Gasteiger partial charge is 0.178 e. The fourth-order valence-electron chi connectivity index (χ4n) is 11.1. The Morgan fingerprint density at radius 3 is 1.16 bits per heavy atom. The van der Waals surface area contributed by atoms with E-state index in [0.717, 1.165) is 143 Å². The van der Waals surface area contributed by atoms with Crippen LogP contribution < -0.4 is 9.80 Å². The quantitative estimate of drug-likeness (QED) is 0.166. The van der Waals surface area contributed by atoms with Crippen LogP contribution in [0.1, 0.15) is 11.1 Å². The van der Waals surface area contributed by atoms with Gasteiger partial charge in [-0.1, -0.05) is 97.1 Å². The Bertz CT molecular complexity index is 4370. The maximum atomic E-state index is 6.87. The van der Waals surface area contributed by atoms with Crippen molar-refractivity contribution in [3.8, 4) is 0 Å². The van der Waals surface area contributed by atoms with Crippen molar-refractivity contribution in [3.63, 3.8) is 0 Å². The molecule has 0 N–H and O–H groups in total. The van der Waals surface area contributed by atoms with Crippen molar-refractivity contribution in [1.29, 1.82) is 0 Å². The molecule has 0 saturated heterocycles. The summed E-state index contributed by atoms with van der Waals surface area (Å²) in [4.78, 5) is 4.71. The van der Waals surface area contributed by atoms with Crippen LogP contribution in [0, 0.1) is 13.8 Å². The van der Waals surface area contributed by atoms with E-state index in [1.54, 1.807) is 0 Å². The Balaban J connectivity index is 0.869. The Morgan fingerprint density at radius 2 is 0.686 bits per heavy atom. The third kappa shape index (κ3) is 5.68. The van der Waals surface area contributed by atoms with Gasteiger partial charge in [-0.25, -0.2) is 0 Å². The number of aryl methyl sites for hydroxylation is 2. The molecule has 0 amide bonds. The van der Waals surface area contributed by atoms with Gasteiger partial charge in [-0.2, -0.15) is 0 Å². The van der Waals surface area contributed by atoms with Gasteiger partial charge in [-0.15, -0.1) is 0 Å². The van der Waals surface area contributed by atoms with E-state index in [1.165, 1.54) is 11.1 Å². The molecule has 0 bridgehead atoms. The highest BCUT2D eigenvalue weighted by Gasteiger charge is 2.24. The monoisotopic (exact) mass is 900 g/mol. The number of rotatable bonds is 6. The van der Waals surface area contributed by atoms with Gasteiger partial charge in [0.25, 0.3) is 0 Å². The van der Waals surface area contributed by atoms with Gasteiger partial charge in [-0.3, -0.25) is 0 Å². The number of furan rings is 4. The summed E-state index contributed by atoms with van der Waals surface area (Å²) in [6.45, 7) is 4.33. The first-order chi connectivity index (χ1) is 34.5. The van der Waals surface area contributed by atoms with Crippen molar-refractivity contribution in [2.24, 2.45) is 0 Å². The minimum atomic E-state index is 0.746. The Hall–Kier alpha value is -9.26. The Morgan fingerprint density at radius 1 is 0.271 bits per heavy atom. The number of para-hydroxylation sites is 4. The molecule has 4 aromatic heterocycles. The SMILES string of the molecule is Cc1ccccc1N(c1ccc2cc3c(cc2c1)oc1c3ccc2c3cc4ccc(N(c5ccccc5C)c5cccc6oc7ccccc7c56)cc4cc3oc21)c1cccc2oc3ccccc3c12. The van der Waals surface area contributed by atoms with Crippen LogP contribution in [-0.2, 0) is 0 Å². The number of nitrogens with zero attached hydrogens (tertiary/aromatic N) is 2. The van der Waals surface area contributed by atoms with E-state index in [2.05, 4.69) is 206 Å². The van der Waals surface area contributed by atoms with Crippen LogP contribution in [0.2, 0.25) is 0 Å². The lowest BCUT2D eigenvalue weighted by molar-refractivity contribution is 0.634. The van der Waals surface area contributed by atoms with Crippen LogP contribution in [0.3, 0.4) is 0 Å². The van der Waals surface area contributed by atoms with Crippen LogP contribution in [0.15, 0.2) is 224 Å². The molecule has 330 valence electrons. The van der Waals surface area contributed by atoms with Crippen LogP contribution in [0.25, 0.3) is 109 Å². The first kappa shape index (κ1) is 38.8. The van der Waals surface area contributed by atoms with Crippen LogP contribution in [0.5, 0.6) is 0 Å². The van der Waals surface area contributed by atoms with Gasteiger partial charge in [0.2, 0.25) is 0 Å². The lowest BCUT2D eigenvalue weighted by Crippen LogP contribution is -2.11. The normalized spacial score (nSPS) is 12.1. The lowest BCUT2D eigenvalue weighted by Gasteiger charge is -2.28. The Labute approximate surface area is 400 Å². The maximum Gasteiger partial charge on any atom is 0.178 e. The van der Waals surface area contributed by atoms with E-state index < -0.39 is 0 Å². The number of fused-ring (bicyclic) bond motifs is 15. The van der Waals surface area contributed by atoms with Crippen LogP contribution in [-0.4, -0.2) is 0 Å². The highest BCUT2D eigenvalue weighted by molar-refractivity contribution is 6.22. The summed E-state index contributed by atoms with van der Waals surface area (Å²) in [6.07, 6.45) is 0. The molecule has 0 radical (unpaired) electrons. The van der Waals surface area contributed by atoms with E-state index in [4.69, 9.17) is 17.7 Å². The van der Waals surface area contributed by atoms with E-state index in [-0.39, 0.29) is 0 Å². The van der Waals surface area contributed by atoms with Gasteiger partial charge in [0, 0.05) is 55.1 Å². The molecule has 0 aliphatic carbocycles. The first-order valence-electron chi connectivity index (χ1n) is 23.7. The molecule has 0 saturated carbocycles. The van der Waals surface area contributed by atoms with E-state index in [1.807, 2.05) is 24.3 Å². The lowest BCUT2D eigenvalue weighted by atomic mass is 10.0. The molecule has 0 atom stereocenters. The van der Waals surface area contributed by atoms with Gasteiger partial charge >= 0.3 is 0 Å². The molecule has 15 aromatic rings. The fourth-order valence-corrected chi connectivity index (χ4v) is 11.1. The van der Waals surface area contributed by atoms with Crippen LogP contribution in [0.4, 0.5) is 34.1 Å². The summed E-state index contributed by atoms with van der Waals surface area (Å²) >= 11 is 0. The third-order valence-electron chi connectivity index (χ3n) is 14.4. The largest absolute Gasteiger partial charge is 0.456 e. The summed E-state index contributed by atoms with van der Waals surface area (Å²) in [5, 5.41) is 12.9. The molecule has 15 rings (SSSR count). The first-order valence-corrected chi connectivity index (χ1v) is 23.7. The fraction of sp³-hybridized carbons (Fsp3) is 0.0312. The zero-order chi connectivity index (χ0) is 46.2. The average Bonchev–Trinajstić information content (AvgIpc) is 4.16. The predicted octanol–water partition coefficient (Wildman–Crippen LogP) is 19.1. The van der Waals surface area contributed by atoms with Crippen molar-refractivity contribution in [1.82, 2.24) is 0 Å². The molecule has 6 heteroatoms. The van der Waals surface area contributed by atoms with Crippen molar-refractivity contribution in [2.45, 2.75) is 13.8 Å². The van der Waals surface area contributed by atoms with Crippen molar-refractivity contribution < 1.29 is 17.7 Å². The van der Waals surface area contributed by atoms with Gasteiger partial charge in [0.15, 0.2) is 11.2 Å². The van der Waals surface area contributed by atoms with Crippen molar-refractivity contribution in [2.75, 3.05) is 9.80 Å². The summed E-state index contributed by atoms with van der Waals surface area (Å²) in [5.41, 5.74) is 15.3. The molecule has 70 heavy (non-hydrogen) atoms. The van der Waals surface area contributed by atoms with E-state index >= 15 is 0 Å². The number of benzene rings is 11.